The number of amides is 3. The van der Waals surface area contributed by atoms with E-state index in [1.165, 1.54) is 11.0 Å². The van der Waals surface area contributed by atoms with Crippen LogP contribution in [0.5, 0.6) is 0 Å². The highest BCUT2D eigenvalue weighted by Crippen LogP contribution is 2.22. The molecule has 0 aliphatic carbocycles. The summed E-state index contributed by atoms with van der Waals surface area (Å²) in [5.41, 5.74) is 12.5. The van der Waals surface area contributed by atoms with Crippen molar-refractivity contribution in [1.29, 1.82) is 5.41 Å². The Labute approximate surface area is 236 Å². The first-order valence-electron chi connectivity index (χ1n) is 12.4. The van der Waals surface area contributed by atoms with Gasteiger partial charge in [0.2, 0.25) is 0 Å². The first kappa shape index (κ1) is 29.9. The van der Waals surface area contributed by atoms with Gasteiger partial charge < -0.3 is 21.5 Å². The van der Waals surface area contributed by atoms with Crippen molar-refractivity contribution in [1.82, 2.24) is 4.90 Å². The Morgan fingerprint density at radius 3 is 2.02 bits per heavy atom. The summed E-state index contributed by atoms with van der Waals surface area (Å²) in [6.45, 7) is 0.659. The highest BCUT2D eigenvalue weighted by molar-refractivity contribution is 6.30. The molecule has 0 saturated carbocycles. The van der Waals surface area contributed by atoms with Gasteiger partial charge in [0.05, 0.1) is 0 Å². The summed E-state index contributed by atoms with van der Waals surface area (Å²) < 4.78 is 0. The van der Waals surface area contributed by atoms with Gasteiger partial charge in [0, 0.05) is 46.4 Å². The van der Waals surface area contributed by atoms with Crippen LogP contribution in [0.15, 0.2) is 78.9 Å². The number of carbonyl (C=O) groups is 4. The number of nitrogens with zero attached hydrogens (tertiary/aromatic N) is 2. The summed E-state index contributed by atoms with van der Waals surface area (Å²) in [5.74, 6) is -1.63. The number of nitrogen functional groups attached to an aromatic ring is 1. The zero-order valence-corrected chi connectivity index (χ0v) is 22.4. The Bertz CT molecular complexity index is 1370. The van der Waals surface area contributed by atoms with E-state index in [4.69, 9.17) is 33.6 Å². The van der Waals surface area contributed by atoms with Crippen molar-refractivity contribution in [2.24, 2.45) is 17.4 Å². The quantitative estimate of drug-likeness (QED) is 0.192. The molecule has 1 saturated heterocycles. The molecule has 10 nitrogen and oxygen atoms in total. The monoisotopic (exact) mass is 563 g/mol. The van der Waals surface area contributed by atoms with Crippen LogP contribution >= 0.6 is 11.6 Å². The molecule has 4 rings (SSSR count). The number of Topliss-reactive ketones (excluding diaryl/α,β-unsaturated/α-hetero) is 1. The highest BCUT2D eigenvalue weighted by Gasteiger charge is 2.27. The summed E-state index contributed by atoms with van der Waals surface area (Å²) in [5, 5.41) is 17.1. The zero-order valence-electron chi connectivity index (χ0n) is 21.6. The number of carboxylic acid groups (broad SMARTS) is 1. The number of carbonyl (C=O) groups excluding carboxylic acids is 3. The van der Waals surface area contributed by atoms with Crippen molar-refractivity contribution in [2.75, 3.05) is 24.5 Å². The number of hydrogen-bond donors (Lipinski definition) is 4. The molecule has 1 fully saturated rings. The van der Waals surface area contributed by atoms with Crippen LogP contribution in [0.25, 0.3) is 0 Å². The van der Waals surface area contributed by atoms with E-state index in [1.54, 1.807) is 77.7 Å². The third kappa shape index (κ3) is 8.15. The third-order valence-corrected chi connectivity index (χ3v) is 6.59. The number of hydrogen-bond acceptors (Lipinski definition) is 5. The van der Waals surface area contributed by atoms with Gasteiger partial charge in [-0.15, -0.1) is 0 Å². The summed E-state index contributed by atoms with van der Waals surface area (Å²) in [4.78, 5) is 49.6. The number of rotatable bonds is 7. The van der Waals surface area contributed by atoms with Gasteiger partial charge in [-0.1, -0.05) is 41.9 Å². The number of aliphatic carboxylic acids is 1. The van der Waals surface area contributed by atoms with E-state index in [1.807, 2.05) is 0 Å². The number of carboxylic acids is 1. The van der Waals surface area contributed by atoms with E-state index >= 15 is 0 Å². The van der Waals surface area contributed by atoms with E-state index in [2.05, 4.69) is 0 Å². The van der Waals surface area contributed by atoms with Crippen LogP contribution in [-0.2, 0) is 4.79 Å². The third-order valence-electron chi connectivity index (χ3n) is 6.33. The molecule has 0 bridgehead atoms. The van der Waals surface area contributed by atoms with Gasteiger partial charge in [-0.3, -0.25) is 24.7 Å². The molecule has 40 heavy (non-hydrogen) atoms. The van der Waals surface area contributed by atoms with Crippen LogP contribution in [-0.4, -0.2) is 59.2 Å². The minimum atomic E-state index is -1.11. The van der Waals surface area contributed by atoms with Crippen LogP contribution in [0, 0.1) is 11.3 Å². The average molecular weight is 564 g/mol. The second kappa shape index (κ2) is 13.9. The lowest BCUT2D eigenvalue weighted by Gasteiger charge is -2.29. The van der Waals surface area contributed by atoms with Crippen LogP contribution in [0.2, 0.25) is 5.02 Å². The summed E-state index contributed by atoms with van der Waals surface area (Å²) in [7, 11) is 0. The number of likely N-dealkylation sites (tertiary alicyclic amines) is 1. The first-order valence-corrected chi connectivity index (χ1v) is 12.8. The van der Waals surface area contributed by atoms with Crippen LogP contribution < -0.4 is 16.4 Å². The summed E-state index contributed by atoms with van der Waals surface area (Å²) in [6, 6.07) is 21.3. The molecule has 0 atom stereocenters. The molecule has 208 valence electrons. The molecule has 1 heterocycles. The van der Waals surface area contributed by atoms with Gasteiger partial charge in [0.1, 0.15) is 12.4 Å². The van der Waals surface area contributed by atoms with Gasteiger partial charge in [-0.25, -0.2) is 4.79 Å². The van der Waals surface area contributed by atoms with E-state index in [0.29, 0.717) is 47.8 Å². The lowest BCUT2D eigenvalue weighted by molar-refractivity contribution is -0.135. The number of nitrogens with two attached hydrogens (primary N) is 2. The van der Waals surface area contributed by atoms with Gasteiger partial charge in [0.25, 0.3) is 5.91 Å². The Hall–Kier alpha value is -4.70. The lowest BCUT2D eigenvalue weighted by atomic mass is 9.89. The van der Waals surface area contributed by atoms with Crippen molar-refractivity contribution in [3.05, 3.63) is 101 Å². The van der Waals surface area contributed by atoms with Gasteiger partial charge in [-0.05, 0) is 61.4 Å². The minimum Gasteiger partial charge on any atom is -0.480 e. The van der Waals surface area contributed by atoms with Crippen LogP contribution in [0.3, 0.4) is 0 Å². The second-order valence-corrected chi connectivity index (χ2v) is 9.52. The Morgan fingerprint density at radius 1 is 0.875 bits per heavy atom. The number of nitrogens with one attached hydrogen (secondary N) is 1. The molecule has 0 radical (unpaired) electrons. The van der Waals surface area contributed by atoms with Crippen molar-refractivity contribution in [2.45, 2.75) is 12.8 Å². The fourth-order valence-electron chi connectivity index (χ4n) is 4.21. The minimum absolute atomic E-state index is 0.0261. The summed E-state index contributed by atoms with van der Waals surface area (Å²) >= 11 is 5.79. The Morgan fingerprint density at radius 2 is 1.48 bits per heavy atom. The molecule has 0 unspecified atom stereocenters. The van der Waals surface area contributed by atoms with Crippen LogP contribution in [0.1, 0.15) is 39.1 Å². The van der Waals surface area contributed by atoms with E-state index < -0.39 is 24.5 Å². The number of urea groups is 1. The molecular formula is C29H30ClN5O5. The van der Waals surface area contributed by atoms with Crippen molar-refractivity contribution < 1.29 is 24.3 Å². The average Bonchev–Trinajstić information content (AvgIpc) is 2.96. The molecule has 3 amide bonds. The molecule has 1 aliphatic heterocycles. The predicted molar refractivity (Wildman–Crippen MR) is 153 cm³/mol. The number of piperidine rings is 1. The fraction of sp³-hybridized carbons (Fsp3) is 0.207. The Kier molecular flexibility index (Phi) is 10.4. The normalized spacial score (nSPS) is 13.0. The number of anilines is 1. The SMILES string of the molecule is N=C(N)c1cccc(C(=O)N(CC(=O)O)c2ccccc2)c1.NC(=O)N1CCC(C(=O)c2ccc(Cl)cc2)CC1. The van der Waals surface area contributed by atoms with Crippen molar-refractivity contribution >= 4 is 46.8 Å². The summed E-state index contributed by atoms with van der Waals surface area (Å²) in [6.07, 6.45) is 1.34. The van der Waals surface area contributed by atoms with Crippen LogP contribution in [0.4, 0.5) is 10.5 Å². The maximum absolute atomic E-state index is 12.6. The smallest absolute Gasteiger partial charge is 0.323 e. The van der Waals surface area contributed by atoms with E-state index in [9.17, 15) is 19.2 Å². The molecule has 0 aromatic heterocycles. The Balaban J connectivity index is 0.000000225. The van der Waals surface area contributed by atoms with Gasteiger partial charge in [0.15, 0.2) is 5.78 Å². The topological polar surface area (TPSA) is 171 Å². The highest BCUT2D eigenvalue weighted by atomic mass is 35.5. The standard InChI is InChI=1S/C16H15N3O3.C13H15ClN2O2/c17-15(18)11-5-4-6-12(9-11)16(22)19(10-14(20)21)13-7-2-1-3-8-13;14-11-3-1-9(2-4-11)12(17)10-5-7-16(8-6-10)13(15)18/h1-9H,10H2,(H3,17,18)(H,20,21);1-4,10H,5-8H2,(H2,15,18). The molecular weight excluding hydrogens is 534 g/mol. The molecule has 6 N–H and O–H groups in total. The number of benzene rings is 3. The molecule has 11 heteroatoms. The maximum Gasteiger partial charge on any atom is 0.323 e. The zero-order chi connectivity index (χ0) is 29.2. The first-order chi connectivity index (χ1) is 19.1. The van der Waals surface area contributed by atoms with E-state index in [0.717, 1.165) is 0 Å². The lowest BCUT2D eigenvalue weighted by Crippen LogP contribution is -2.43. The molecule has 3 aromatic rings. The fourth-order valence-corrected chi connectivity index (χ4v) is 4.34. The molecule has 0 spiro atoms. The van der Waals surface area contributed by atoms with E-state index in [-0.39, 0.29) is 23.1 Å². The molecule has 3 aromatic carbocycles. The number of halogens is 1. The number of primary amides is 1. The number of ketones is 1. The van der Waals surface area contributed by atoms with Gasteiger partial charge in [-0.2, -0.15) is 0 Å². The molecule has 1 aliphatic rings. The van der Waals surface area contributed by atoms with Crippen molar-refractivity contribution in [3.63, 3.8) is 0 Å². The van der Waals surface area contributed by atoms with Crippen molar-refractivity contribution in [3.8, 4) is 0 Å². The van der Waals surface area contributed by atoms with Gasteiger partial charge >= 0.3 is 12.0 Å². The second-order valence-electron chi connectivity index (χ2n) is 9.09. The number of para-hydroxylation sites is 1. The predicted octanol–water partition coefficient (Wildman–Crippen LogP) is 4.02. The maximum atomic E-state index is 12.6. The largest absolute Gasteiger partial charge is 0.480 e. The number of amidine groups is 1.